The van der Waals surface area contributed by atoms with Gasteiger partial charge < -0.3 is 5.32 Å². The molecular weight excluding hydrogens is 241 g/mol. The van der Waals surface area contributed by atoms with E-state index in [2.05, 4.69) is 38.4 Å². The van der Waals surface area contributed by atoms with E-state index in [1.165, 1.54) is 11.3 Å². The Balaban J connectivity index is 0.000000720. The van der Waals surface area contributed by atoms with E-state index in [4.69, 9.17) is 0 Å². The summed E-state index contributed by atoms with van der Waals surface area (Å²) in [5, 5.41) is 10.5. The molecule has 0 saturated carbocycles. The van der Waals surface area contributed by atoms with Crippen LogP contribution >= 0.6 is 28.3 Å². The van der Waals surface area contributed by atoms with Crippen molar-refractivity contribution in [3.05, 3.63) is 15.9 Å². The first-order valence-electron chi connectivity index (χ1n) is 3.72. The number of halogens is 2. The van der Waals surface area contributed by atoms with E-state index in [1.54, 1.807) is 0 Å². The Morgan fingerprint density at radius 2 is 2.33 bits per heavy atom. The molecule has 2 heterocycles. The van der Waals surface area contributed by atoms with Crippen molar-refractivity contribution < 1.29 is 0 Å². The van der Waals surface area contributed by atoms with Gasteiger partial charge in [0.25, 0.3) is 0 Å². The normalized spacial score (nSPS) is 21.3. The molecule has 1 aliphatic rings. The zero-order chi connectivity index (χ0) is 7.84. The molecule has 0 saturated heterocycles. The van der Waals surface area contributed by atoms with Gasteiger partial charge in [-0.3, -0.25) is 5.10 Å². The van der Waals surface area contributed by atoms with Crippen LogP contribution < -0.4 is 5.32 Å². The fourth-order valence-corrected chi connectivity index (χ4v) is 1.85. The Labute approximate surface area is 85.9 Å². The van der Waals surface area contributed by atoms with Gasteiger partial charge in [0, 0.05) is 30.3 Å². The number of aromatic nitrogens is 2. The van der Waals surface area contributed by atoms with Crippen LogP contribution in [0.2, 0.25) is 0 Å². The molecule has 68 valence electrons. The van der Waals surface area contributed by atoms with E-state index in [0.717, 1.165) is 17.6 Å². The Morgan fingerprint density at radius 1 is 1.58 bits per heavy atom. The minimum absolute atomic E-state index is 0. The van der Waals surface area contributed by atoms with Crippen molar-refractivity contribution in [2.75, 3.05) is 0 Å². The van der Waals surface area contributed by atoms with Crippen molar-refractivity contribution in [2.24, 2.45) is 0 Å². The summed E-state index contributed by atoms with van der Waals surface area (Å²) in [5.74, 6) is 0. The Bertz CT molecular complexity index is 274. The van der Waals surface area contributed by atoms with E-state index in [-0.39, 0.29) is 12.4 Å². The van der Waals surface area contributed by atoms with E-state index in [0.29, 0.717) is 6.04 Å². The fourth-order valence-electron chi connectivity index (χ4n) is 1.38. The summed E-state index contributed by atoms with van der Waals surface area (Å²) in [7, 11) is 0. The molecule has 2 N–H and O–H groups in total. The van der Waals surface area contributed by atoms with E-state index in [9.17, 15) is 0 Å². The lowest BCUT2D eigenvalue weighted by atomic mass is 10.1. The number of nitrogens with zero attached hydrogens (tertiary/aromatic N) is 1. The molecule has 0 amide bonds. The molecule has 1 aromatic rings. The standard InChI is InChI=1S/C7H10BrN3.ClH/c1-4-2-6-5(3-9-4)7(8)11-10-6;/h4,9H,2-3H2,1H3,(H,10,11);1H. The summed E-state index contributed by atoms with van der Waals surface area (Å²) in [6.07, 6.45) is 1.05. The lowest BCUT2D eigenvalue weighted by Gasteiger charge is -2.19. The number of aromatic amines is 1. The molecule has 0 spiro atoms. The highest BCUT2D eigenvalue weighted by atomic mass is 79.9. The van der Waals surface area contributed by atoms with Crippen LogP contribution in [0.3, 0.4) is 0 Å². The summed E-state index contributed by atoms with van der Waals surface area (Å²) in [6.45, 7) is 3.10. The maximum atomic E-state index is 4.08. The molecule has 2 rings (SSSR count). The predicted octanol–water partition coefficient (Wildman–Crippen LogP) is 1.63. The van der Waals surface area contributed by atoms with Crippen LogP contribution in [0.1, 0.15) is 18.2 Å². The van der Waals surface area contributed by atoms with E-state index in [1.807, 2.05) is 0 Å². The minimum atomic E-state index is 0. The average molecular weight is 253 g/mol. The van der Waals surface area contributed by atoms with E-state index < -0.39 is 0 Å². The number of fused-ring (bicyclic) bond motifs is 1. The zero-order valence-electron chi connectivity index (χ0n) is 6.72. The van der Waals surface area contributed by atoms with Crippen LogP contribution in [0, 0.1) is 0 Å². The SMILES string of the molecule is CC1Cc2[nH]nc(Br)c2CN1.Cl. The molecule has 0 aliphatic carbocycles. The highest BCUT2D eigenvalue weighted by Crippen LogP contribution is 2.21. The van der Waals surface area contributed by atoms with Crippen molar-refractivity contribution in [1.29, 1.82) is 0 Å². The summed E-state index contributed by atoms with van der Waals surface area (Å²) in [6, 6.07) is 0.565. The van der Waals surface area contributed by atoms with Crippen molar-refractivity contribution in [2.45, 2.75) is 25.9 Å². The van der Waals surface area contributed by atoms with Crippen LogP contribution in [0.5, 0.6) is 0 Å². The third-order valence-electron chi connectivity index (χ3n) is 2.04. The highest BCUT2D eigenvalue weighted by molar-refractivity contribution is 9.10. The molecule has 5 heteroatoms. The third kappa shape index (κ3) is 1.65. The van der Waals surface area contributed by atoms with E-state index >= 15 is 0 Å². The first-order chi connectivity index (χ1) is 5.27. The average Bonchev–Trinajstić information content (AvgIpc) is 2.32. The van der Waals surface area contributed by atoms with Crippen LogP contribution in [0.15, 0.2) is 4.60 Å². The topological polar surface area (TPSA) is 40.7 Å². The summed E-state index contributed by atoms with van der Waals surface area (Å²) < 4.78 is 0.951. The second-order valence-corrected chi connectivity index (χ2v) is 3.71. The van der Waals surface area contributed by atoms with Crippen molar-refractivity contribution in [3.63, 3.8) is 0 Å². The molecule has 3 nitrogen and oxygen atoms in total. The lowest BCUT2D eigenvalue weighted by Crippen LogP contribution is -2.32. The molecule has 1 atom stereocenters. The van der Waals surface area contributed by atoms with Gasteiger partial charge in [-0.25, -0.2) is 0 Å². The molecular formula is C7H11BrClN3. The Morgan fingerprint density at radius 3 is 3.08 bits per heavy atom. The monoisotopic (exact) mass is 251 g/mol. The maximum Gasteiger partial charge on any atom is 0.132 e. The zero-order valence-corrected chi connectivity index (χ0v) is 9.13. The highest BCUT2D eigenvalue weighted by Gasteiger charge is 2.18. The molecule has 1 aromatic heterocycles. The van der Waals surface area contributed by atoms with Crippen molar-refractivity contribution in [3.8, 4) is 0 Å². The molecule has 0 bridgehead atoms. The summed E-state index contributed by atoms with van der Waals surface area (Å²) in [5.41, 5.74) is 2.55. The second-order valence-electron chi connectivity index (χ2n) is 2.96. The van der Waals surface area contributed by atoms with Gasteiger partial charge in [0.1, 0.15) is 4.60 Å². The largest absolute Gasteiger partial charge is 0.310 e. The van der Waals surface area contributed by atoms with Gasteiger partial charge in [-0.2, -0.15) is 5.10 Å². The van der Waals surface area contributed by atoms with Gasteiger partial charge >= 0.3 is 0 Å². The van der Waals surface area contributed by atoms with Crippen molar-refractivity contribution in [1.82, 2.24) is 15.5 Å². The van der Waals surface area contributed by atoms with Gasteiger partial charge in [-0.15, -0.1) is 12.4 Å². The first kappa shape index (κ1) is 10.0. The molecule has 0 radical (unpaired) electrons. The first-order valence-corrected chi connectivity index (χ1v) is 4.51. The fraction of sp³-hybridized carbons (Fsp3) is 0.571. The number of hydrogen-bond donors (Lipinski definition) is 2. The van der Waals surface area contributed by atoms with Gasteiger partial charge in [0.05, 0.1) is 0 Å². The second kappa shape index (κ2) is 3.77. The minimum Gasteiger partial charge on any atom is -0.310 e. The molecule has 12 heavy (non-hydrogen) atoms. The summed E-state index contributed by atoms with van der Waals surface area (Å²) in [4.78, 5) is 0. The number of rotatable bonds is 0. The van der Waals surface area contributed by atoms with Gasteiger partial charge in [-0.05, 0) is 22.9 Å². The van der Waals surface area contributed by atoms with Crippen LogP contribution in [-0.2, 0) is 13.0 Å². The predicted molar refractivity (Wildman–Crippen MR) is 53.5 cm³/mol. The number of nitrogens with one attached hydrogen (secondary N) is 2. The Kier molecular flexibility index (Phi) is 3.15. The lowest BCUT2D eigenvalue weighted by molar-refractivity contribution is 0.508. The number of H-pyrrole nitrogens is 1. The van der Waals surface area contributed by atoms with Crippen LogP contribution in [0.4, 0.5) is 0 Å². The van der Waals surface area contributed by atoms with Crippen LogP contribution in [0.25, 0.3) is 0 Å². The third-order valence-corrected chi connectivity index (χ3v) is 2.70. The number of hydrogen-bond acceptors (Lipinski definition) is 2. The quantitative estimate of drug-likeness (QED) is 0.737. The Hall–Kier alpha value is -0.0600. The van der Waals surface area contributed by atoms with Gasteiger partial charge in [0.2, 0.25) is 0 Å². The van der Waals surface area contributed by atoms with Crippen molar-refractivity contribution >= 4 is 28.3 Å². The molecule has 1 unspecified atom stereocenters. The van der Waals surface area contributed by atoms with Gasteiger partial charge in [-0.1, -0.05) is 0 Å². The summed E-state index contributed by atoms with van der Waals surface area (Å²) >= 11 is 3.39. The molecule has 1 aliphatic heterocycles. The smallest absolute Gasteiger partial charge is 0.132 e. The maximum absolute atomic E-state index is 4.08. The molecule has 0 aromatic carbocycles. The molecule has 0 fully saturated rings. The van der Waals surface area contributed by atoms with Gasteiger partial charge in [0.15, 0.2) is 0 Å². The van der Waals surface area contributed by atoms with Crippen LogP contribution in [-0.4, -0.2) is 16.2 Å².